The molecule has 0 radical (unpaired) electrons. The highest BCUT2D eigenvalue weighted by atomic mass is 19.4. The summed E-state index contributed by atoms with van der Waals surface area (Å²) in [6.45, 7) is 0.997. The van der Waals surface area contributed by atoms with Crippen LogP contribution in [-0.4, -0.2) is 56.7 Å². The molecule has 184 valence electrons. The number of rotatable bonds is 4. The maximum Gasteiger partial charge on any atom is 0.433 e. The zero-order valence-electron chi connectivity index (χ0n) is 18.3. The molecule has 4 aliphatic rings. The van der Waals surface area contributed by atoms with Gasteiger partial charge in [-0.3, -0.25) is 9.78 Å². The van der Waals surface area contributed by atoms with Gasteiger partial charge in [0.2, 0.25) is 5.91 Å². The Labute approximate surface area is 195 Å². The molecule has 6 heterocycles. The molecule has 8 nitrogen and oxygen atoms in total. The predicted molar refractivity (Wildman–Crippen MR) is 114 cm³/mol. The fraction of sp³-hybridized carbons (Fsp3) is 0.500. The normalized spacial score (nSPS) is 26.3. The van der Waals surface area contributed by atoms with E-state index in [1.54, 1.807) is 6.20 Å². The number of anilines is 2. The number of amides is 1. The molecule has 3 aliphatic heterocycles. The number of carbonyl (C=O) groups is 1. The van der Waals surface area contributed by atoms with Gasteiger partial charge in [0.1, 0.15) is 23.6 Å². The van der Waals surface area contributed by atoms with Crippen molar-refractivity contribution < 1.29 is 26.7 Å². The van der Waals surface area contributed by atoms with Crippen molar-refractivity contribution in [2.24, 2.45) is 17.3 Å². The zero-order chi connectivity index (χ0) is 24.5. The van der Waals surface area contributed by atoms with E-state index in [0.717, 1.165) is 23.4 Å². The smallest absolute Gasteiger partial charge is 0.355 e. The molecule has 0 N–H and O–H groups in total. The van der Waals surface area contributed by atoms with Crippen molar-refractivity contribution in [2.75, 3.05) is 29.4 Å². The maximum atomic E-state index is 13.1. The largest absolute Gasteiger partial charge is 0.433 e. The second kappa shape index (κ2) is 7.56. The van der Waals surface area contributed by atoms with Gasteiger partial charge < -0.3 is 9.80 Å². The highest BCUT2D eigenvalue weighted by molar-refractivity contribution is 5.96. The standard InChI is InChI=1S/C22H20F5N7O/c23-17(24)10-34-20-15(6-30-34)29-7-18(31-20)32-8-12-3-13(9-32)21(12)5-19(35)33(11-21)14-1-2-28-16(4-14)22(25,26)27/h1-2,4,6-7,12-13,17H,3,5,8-11H2. The lowest BCUT2D eigenvalue weighted by molar-refractivity contribution is -0.141. The molecule has 2 unspecified atom stereocenters. The van der Waals surface area contributed by atoms with Crippen LogP contribution >= 0.6 is 0 Å². The Bertz CT molecular complexity index is 1300. The third kappa shape index (κ3) is 3.50. The van der Waals surface area contributed by atoms with Gasteiger partial charge in [0.25, 0.3) is 6.43 Å². The Morgan fingerprint density at radius 2 is 1.91 bits per heavy atom. The summed E-state index contributed by atoms with van der Waals surface area (Å²) in [5, 5.41) is 3.95. The first-order chi connectivity index (χ1) is 16.6. The molecule has 13 heteroatoms. The minimum Gasteiger partial charge on any atom is -0.355 e. The molecule has 35 heavy (non-hydrogen) atoms. The third-order valence-corrected chi connectivity index (χ3v) is 7.62. The number of hydrogen-bond acceptors (Lipinski definition) is 6. The lowest BCUT2D eigenvalue weighted by atomic mass is 9.50. The first-order valence-corrected chi connectivity index (χ1v) is 11.2. The van der Waals surface area contributed by atoms with Gasteiger partial charge in [0.05, 0.1) is 12.4 Å². The first-order valence-electron chi connectivity index (χ1n) is 11.2. The van der Waals surface area contributed by atoms with Gasteiger partial charge in [-0.25, -0.2) is 23.4 Å². The van der Waals surface area contributed by atoms with Crippen LogP contribution in [0, 0.1) is 17.3 Å². The van der Waals surface area contributed by atoms with Crippen molar-refractivity contribution in [1.82, 2.24) is 24.7 Å². The van der Waals surface area contributed by atoms with Crippen LogP contribution in [0.3, 0.4) is 0 Å². The summed E-state index contributed by atoms with van der Waals surface area (Å²) < 4.78 is 66.2. The number of carbonyl (C=O) groups excluding carboxylic acids is 1. The van der Waals surface area contributed by atoms with Crippen LogP contribution in [0.2, 0.25) is 0 Å². The van der Waals surface area contributed by atoms with Gasteiger partial charge in [0.15, 0.2) is 5.65 Å². The van der Waals surface area contributed by atoms with Crippen molar-refractivity contribution in [3.63, 3.8) is 0 Å². The number of piperidine rings is 2. The fourth-order valence-corrected chi connectivity index (χ4v) is 5.89. The molecule has 7 rings (SSSR count). The second-order valence-corrected chi connectivity index (χ2v) is 9.48. The van der Waals surface area contributed by atoms with E-state index in [1.807, 2.05) is 4.90 Å². The van der Waals surface area contributed by atoms with E-state index < -0.39 is 24.8 Å². The molecular formula is C22H20F5N7O. The van der Waals surface area contributed by atoms with Crippen LogP contribution in [0.25, 0.3) is 11.2 Å². The summed E-state index contributed by atoms with van der Waals surface area (Å²) in [6.07, 6.45) is -1.88. The van der Waals surface area contributed by atoms with Gasteiger partial charge in [-0.05, 0) is 30.4 Å². The average molecular weight is 493 g/mol. The molecule has 1 saturated carbocycles. The Hall–Kier alpha value is -3.38. The SMILES string of the molecule is O=C1CC2(CN1c1ccnc(C(F)(F)F)c1)C1CC2CN(c2cnc3cnn(CC(F)F)c3n2)C1. The van der Waals surface area contributed by atoms with Crippen molar-refractivity contribution in [2.45, 2.75) is 32.0 Å². The van der Waals surface area contributed by atoms with E-state index in [0.29, 0.717) is 31.0 Å². The molecule has 2 atom stereocenters. The molecule has 1 aliphatic carbocycles. The minimum atomic E-state index is -4.59. The van der Waals surface area contributed by atoms with Gasteiger partial charge in [-0.1, -0.05) is 0 Å². The number of pyridine rings is 1. The summed E-state index contributed by atoms with van der Waals surface area (Å²) in [4.78, 5) is 28.6. The van der Waals surface area contributed by atoms with Gasteiger partial charge >= 0.3 is 6.18 Å². The topological polar surface area (TPSA) is 80.0 Å². The first kappa shape index (κ1) is 22.1. The predicted octanol–water partition coefficient (Wildman–Crippen LogP) is 3.38. The zero-order valence-corrected chi connectivity index (χ0v) is 18.3. The lowest BCUT2D eigenvalue weighted by Crippen LogP contribution is -2.63. The Morgan fingerprint density at radius 1 is 1.14 bits per heavy atom. The Morgan fingerprint density at radius 3 is 2.63 bits per heavy atom. The summed E-state index contributed by atoms with van der Waals surface area (Å²) in [6, 6.07) is 2.35. The van der Waals surface area contributed by atoms with Crippen LogP contribution in [0.15, 0.2) is 30.7 Å². The van der Waals surface area contributed by atoms with Crippen LogP contribution in [0.4, 0.5) is 33.5 Å². The van der Waals surface area contributed by atoms with Crippen LogP contribution < -0.4 is 9.80 Å². The molecule has 2 bridgehead atoms. The number of nitrogens with zero attached hydrogens (tertiary/aromatic N) is 7. The molecule has 3 saturated heterocycles. The van der Waals surface area contributed by atoms with E-state index in [2.05, 4.69) is 20.1 Å². The number of hydrogen-bond donors (Lipinski definition) is 0. The van der Waals surface area contributed by atoms with Crippen LogP contribution in [-0.2, 0) is 17.5 Å². The lowest BCUT2D eigenvalue weighted by Gasteiger charge is -2.60. The van der Waals surface area contributed by atoms with Gasteiger partial charge in [-0.2, -0.15) is 18.3 Å². The second-order valence-electron chi connectivity index (χ2n) is 9.48. The Balaban J connectivity index is 1.22. The van der Waals surface area contributed by atoms with E-state index in [-0.39, 0.29) is 40.9 Å². The van der Waals surface area contributed by atoms with Crippen molar-refractivity contribution in [1.29, 1.82) is 0 Å². The molecule has 1 spiro atoms. The van der Waals surface area contributed by atoms with Gasteiger partial charge in [-0.15, -0.1) is 0 Å². The third-order valence-electron chi connectivity index (χ3n) is 7.62. The highest BCUT2D eigenvalue weighted by Gasteiger charge is 2.63. The van der Waals surface area contributed by atoms with Crippen LogP contribution in [0.5, 0.6) is 0 Å². The molecular weight excluding hydrogens is 473 g/mol. The minimum absolute atomic E-state index is 0.155. The van der Waals surface area contributed by atoms with Crippen LogP contribution in [0.1, 0.15) is 18.5 Å². The maximum absolute atomic E-state index is 13.1. The van der Waals surface area contributed by atoms with E-state index in [4.69, 9.17) is 0 Å². The van der Waals surface area contributed by atoms with Crippen molar-refractivity contribution >= 4 is 28.6 Å². The fourth-order valence-electron chi connectivity index (χ4n) is 5.89. The number of halogens is 5. The molecule has 1 amide bonds. The summed E-state index contributed by atoms with van der Waals surface area (Å²) in [5.74, 6) is 0.679. The monoisotopic (exact) mass is 493 g/mol. The number of alkyl halides is 5. The number of fused-ring (bicyclic) bond motifs is 3. The number of aromatic nitrogens is 5. The van der Waals surface area contributed by atoms with Gasteiger partial charge in [0, 0.05) is 43.4 Å². The highest BCUT2D eigenvalue weighted by Crippen LogP contribution is 2.61. The molecule has 3 aromatic heterocycles. The van der Waals surface area contributed by atoms with E-state index in [9.17, 15) is 26.7 Å². The van der Waals surface area contributed by atoms with Crippen molar-refractivity contribution in [3.05, 3.63) is 36.4 Å². The molecule has 4 fully saturated rings. The Kier molecular flexibility index (Phi) is 4.77. The average Bonchev–Trinajstić information content (AvgIpc) is 3.40. The quantitative estimate of drug-likeness (QED) is 0.519. The van der Waals surface area contributed by atoms with E-state index >= 15 is 0 Å². The summed E-state index contributed by atoms with van der Waals surface area (Å²) in [7, 11) is 0. The van der Waals surface area contributed by atoms with E-state index in [1.165, 1.54) is 17.2 Å². The molecule has 3 aromatic rings. The molecule has 0 aromatic carbocycles. The van der Waals surface area contributed by atoms with Crippen molar-refractivity contribution in [3.8, 4) is 0 Å². The summed E-state index contributed by atoms with van der Waals surface area (Å²) in [5.41, 5.74) is -0.397. The summed E-state index contributed by atoms with van der Waals surface area (Å²) >= 11 is 0.